The number of hydrogen-bond donors (Lipinski definition) is 1. The van der Waals surface area contributed by atoms with Gasteiger partial charge in [-0.25, -0.2) is 4.79 Å². The zero-order valence-corrected chi connectivity index (χ0v) is 11.3. The molecule has 0 saturated carbocycles. The molecular formula is C14H15N3O3. The van der Waals surface area contributed by atoms with Gasteiger partial charge < -0.3 is 10.1 Å². The van der Waals surface area contributed by atoms with Crippen LogP contribution in [0.2, 0.25) is 0 Å². The fourth-order valence-electron chi connectivity index (χ4n) is 1.71. The smallest absolute Gasteiger partial charge is 0.343 e. The number of hydrogen-bond acceptors (Lipinski definition) is 4. The first kappa shape index (κ1) is 13.8. The van der Waals surface area contributed by atoms with E-state index in [2.05, 4.69) is 10.4 Å². The van der Waals surface area contributed by atoms with Crippen LogP contribution >= 0.6 is 0 Å². The van der Waals surface area contributed by atoms with Gasteiger partial charge in [-0.2, -0.15) is 5.10 Å². The van der Waals surface area contributed by atoms with Crippen molar-refractivity contribution in [2.45, 2.75) is 6.92 Å². The number of rotatable bonds is 4. The lowest BCUT2D eigenvalue weighted by molar-refractivity contribution is 0.0527. The van der Waals surface area contributed by atoms with Crippen molar-refractivity contribution in [3.8, 4) is 0 Å². The summed E-state index contributed by atoms with van der Waals surface area (Å²) in [4.78, 5) is 23.9. The SMILES string of the molecule is CCOC(=O)c1cnn(C)c1NC(=O)c1ccccc1. The van der Waals surface area contributed by atoms with Crippen molar-refractivity contribution in [2.75, 3.05) is 11.9 Å². The molecule has 0 fully saturated rings. The lowest BCUT2D eigenvalue weighted by Gasteiger charge is -2.08. The van der Waals surface area contributed by atoms with Crippen LogP contribution in [0.3, 0.4) is 0 Å². The van der Waals surface area contributed by atoms with E-state index >= 15 is 0 Å². The average Bonchev–Trinajstić information content (AvgIpc) is 2.81. The molecule has 1 aromatic heterocycles. The van der Waals surface area contributed by atoms with E-state index in [9.17, 15) is 9.59 Å². The van der Waals surface area contributed by atoms with Crippen LogP contribution < -0.4 is 5.32 Å². The van der Waals surface area contributed by atoms with Gasteiger partial charge in [0, 0.05) is 12.6 Å². The van der Waals surface area contributed by atoms with Gasteiger partial charge in [-0.05, 0) is 19.1 Å². The molecule has 0 atom stereocenters. The normalized spacial score (nSPS) is 10.1. The summed E-state index contributed by atoms with van der Waals surface area (Å²) in [5, 5.41) is 6.64. The molecule has 104 valence electrons. The van der Waals surface area contributed by atoms with E-state index in [0.29, 0.717) is 11.4 Å². The van der Waals surface area contributed by atoms with Crippen LogP contribution in [0, 0.1) is 0 Å². The molecule has 6 heteroatoms. The monoisotopic (exact) mass is 273 g/mol. The van der Waals surface area contributed by atoms with E-state index in [1.54, 1.807) is 38.2 Å². The number of amides is 1. The van der Waals surface area contributed by atoms with Crippen LogP contribution in [-0.2, 0) is 11.8 Å². The maximum Gasteiger partial charge on any atom is 0.343 e. The first-order valence-electron chi connectivity index (χ1n) is 6.19. The molecule has 1 amide bonds. The van der Waals surface area contributed by atoms with Crippen LogP contribution in [0.5, 0.6) is 0 Å². The Balaban J connectivity index is 2.23. The molecule has 20 heavy (non-hydrogen) atoms. The highest BCUT2D eigenvalue weighted by atomic mass is 16.5. The van der Waals surface area contributed by atoms with Gasteiger partial charge >= 0.3 is 5.97 Å². The Morgan fingerprint density at radius 2 is 2.00 bits per heavy atom. The Bertz CT molecular complexity index is 620. The second kappa shape index (κ2) is 6.01. The molecule has 1 N–H and O–H groups in total. The number of benzene rings is 1. The molecule has 0 aliphatic carbocycles. The van der Waals surface area contributed by atoms with Crippen LogP contribution in [-0.4, -0.2) is 28.3 Å². The van der Waals surface area contributed by atoms with Crippen LogP contribution in [0.15, 0.2) is 36.5 Å². The highest BCUT2D eigenvalue weighted by Crippen LogP contribution is 2.16. The number of anilines is 1. The van der Waals surface area contributed by atoms with Gasteiger partial charge in [-0.3, -0.25) is 9.48 Å². The predicted molar refractivity (Wildman–Crippen MR) is 73.6 cm³/mol. The fourth-order valence-corrected chi connectivity index (χ4v) is 1.71. The quantitative estimate of drug-likeness (QED) is 0.863. The number of aromatic nitrogens is 2. The molecule has 0 unspecified atom stereocenters. The Morgan fingerprint density at radius 1 is 1.30 bits per heavy atom. The van der Waals surface area contributed by atoms with Crippen molar-refractivity contribution < 1.29 is 14.3 Å². The summed E-state index contributed by atoms with van der Waals surface area (Å²) in [5.74, 6) is -0.499. The molecule has 1 heterocycles. The Labute approximate surface area is 116 Å². The molecule has 0 aliphatic rings. The summed E-state index contributed by atoms with van der Waals surface area (Å²) in [6.45, 7) is 1.98. The Morgan fingerprint density at radius 3 is 2.65 bits per heavy atom. The molecular weight excluding hydrogens is 258 g/mol. The maximum absolute atomic E-state index is 12.1. The molecule has 0 radical (unpaired) electrons. The van der Waals surface area contributed by atoms with Crippen molar-refractivity contribution in [1.82, 2.24) is 9.78 Å². The third-order valence-corrected chi connectivity index (χ3v) is 2.70. The van der Waals surface area contributed by atoms with Gasteiger partial charge in [0.2, 0.25) is 0 Å². The third kappa shape index (κ3) is 2.85. The van der Waals surface area contributed by atoms with Gasteiger partial charge in [0.25, 0.3) is 5.91 Å². The van der Waals surface area contributed by atoms with Crippen molar-refractivity contribution in [2.24, 2.45) is 7.05 Å². The summed E-state index contributed by atoms with van der Waals surface area (Å²) >= 11 is 0. The highest BCUT2D eigenvalue weighted by molar-refractivity contribution is 6.07. The number of carbonyl (C=O) groups is 2. The molecule has 0 bridgehead atoms. The number of esters is 1. The maximum atomic E-state index is 12.1. The number of carbonyl (C=O) groups excluding carboxylic acids is 2. The van der Waals surface area contributed by atoms with Crippen molar-refractivity contribution in [1.29, 1.82) is 0 Å². The third-order valence-electron chi connectivity index (χ3n) is 2.70. The molecule has 0 spiro atoms. The molecule has 0 aliphatic heterocycles. The van der Waals surface area contributed by atoms with Gasteiger partial charge in [-0.1, -0.05) is 18.2 Å². The molecule has 2 rings (SSSR count). The van der Waals surface area contributed by atoms with Gasteiger partial charge in [0.1, 0.15) is 11.4 Å². The van der Waals surface area contributed by atoms with Crippen molar-refractivity contribution in [3.05, 3.63) is 47.7 Å². The van der Waals surface area contributed by atoms with E-state index in [1.807, 2.05) is 6.07 Å². The van der Waals surface area contributed by atoms with E-state index in [4.69, 9.17) is 4.74 Å². The van der Waals surface area contributed by atoms with Gasteiger partial charge in [0.15, 0.2) is 0 Å². The largest absolute Gasteiger partial charge is 0.462 e. The molecule has 0 saturated heterocycles. The summed E-state index contributed by atoms with van der Waals surface area (Å²) in [6, 6.07) is 8.74. The van der Waals surface area contributed by atoms with Crippen molar-refractivity contribution >= 4 is 17.7 Å². The van der Waals surface area contributed by atoms with Crippen LogP contribution in [0.25, 0.3) is 0 Å². The standard InChI is InChI=1S/C14H15N3O3/c1-3-20-14(19)11-9-15-17(2)12(11)16-13(18)10-7-5-4-6-8-10/h4-9H,3H2,1-2H3,(H,16,18). The predicted octanol–water partition coefficient (Wildman–Crippen LogP) is 1.85. The van der Waals surface area contributed by atoms with Crippen LogP contribution in [0.1, 0.15) is 27.6 Å². The summed E-state index contributed by atoms with van der Waals surface area (Å²) < 4.78 is 6.35. The van der Waals surface area contributed by atoms with Gasteiger partial charge in [0.05, 0.1) is 12.8 Å². The highest BCUT2D eigenvalue weighted by Gasteiger charge is 2.19. The van der Waals surface area contributed by atoms with Crippen molar-refractivity contribution in [3.63, 3.8) is 0 Å². The Kier molecular flexibility index (Phi) is 4.14. The first-order chi connectivity index (χ1) is 9.63. The molecule has 1 aromatic carbocycles. The zero-order chi connectivity index (χ0) is 14.5. The minimum absolute atomic E-state index is 0.235. The summed E-state index contributed by atoms with van der Waals surface area (Å²) in [6.07, 6.45) is 1.37. The lowest BCUT2D eigenvalue weighted by atomic mass is 10.2. The average molecular weight is 273 g/mol. The summed E-state index contributed by atoms with van der Waals surface area (Å²) in [7, 11) is 1.64. The topological polar surface area (TPSA) is 73.2 Å². The van der Waals surface area contributed by atoms with E-state index in [-0.39, 0.29) is 18.1 Å². The van der Waals surface area contributed by atoms with E-state index in [0.717, 1.165) is 0 Å². The zero-order valence-electron chi connectivity index (χ0n) is 11.3. The first-order valence-corrected chi connectivity index (χ1v) is 6.19. The summed E-state index contributed by atoms with van der Waals surface area (Å²) in [5.41, 5.74) is 0.738. The number of nitrogens with one attached hydrogen (secondary N) is 1. The van der Waals surface area contributed by atoms with Crippen LogP contribution in [0.4, 0.5) is 5.82 Å². The second-order valence-electron chi connectivity index (χ2n) is 4.07. The lowest BCUT2D eigenvalue weighted by Crippen LogP contribution is -2.17. The van der Waals surface area contributed by atoms with E-state index < -0.39 is 5.97 Å². The number of ether oxygens (including phenoxy) is 1. The van der Waals surface area contributed by atoms with Gasteiger partial charge in [-0.15, -0.1) is 0 Å². The molecule has 6 nitrogen and oxygen atoms in total. The van der Waals surface area contributed by atoms with E-state index in [1.165, 1.54) is 10.9 Å². The number of aryl methyl sites for hydroxylation is 1. The minimum Gasteiger partial charge on any atom is -0.462 e. The Hall–Kier alpha value is -2.63. The molecule has 2 aromatic rings. The second-order valence-corrected chi connectivity index (χ2v) is 4.07. The minimum atomic E-state index is -0.510. The number of nitrogens with zero attached hydrogens (tertiary/aromatic N) is 2. The fraction of sp³-hybridized carbons (Fsp3) is 0.214.